The molecule has 0 radical (unpaired) electrons. The van der Waals surface area contributed by atoms with Gasteiger partial charge in [-0.05, 0) is 25.5 Å². The molecule has 1 aliphatic heterocycles. The number of hydrogen-bond acceptors (Lipinski definition) is 2. The first-order chi connectivity index (χ1) is 7.79. The van der Waals surface area contributed by atoms with Crippen LogP contribution in [0.1, 0.15) is 25.8 Å². The van der Waals surface area contributed by atoms with Gasteiger partial charge in [-0.1, -0.05) is 31.5 Å². The summed E-state index contributed by atoms with van der Waals surface area (Å²) >= 11 is 0. The Bertz CT molecular complexity index is 294. The van der Waals surface area contributed by atoms with Gasteiger partial charge in [0.05, 0.1) is 6.10 Å². The standard InChI is InChI=1S/C12H17NO.C2H6/c1-10-3-5-11(6-4-10)13-8-7-12(9-13)14-2;1-2/h3-6,12H,7-9H2,1-2H3;1-2H3/t12-;/m0./s1. The van der Waals surface area contributed by atoms with Gasteiger partial charge in [-0.3, -0.25) is 0 Å². The zero-order valence-electron chi connectivity index (χ0n) is 10.9. The second-order valence-corrected chi connectivity index (χ2v) is 3.93. The number of benzene rings is 1. The van der Waals surface area contributed by atoms with Crippen molar-refractivity contribution >= 4 is 5.69 Å². The van der Waals surface area contributed by atoms with Crippen molar-refractivity contribution in [2.45, 2.75) is 33.3 Å². The molecule has 1 aromatic rings. The molecule has 1 fully saturated rings. The molecule has 90 valence electrons. The van der Waals surface area contributed by atoms with Crippen molar-refractivity contribution in [2.24, 2.45) is 0 Å². The smallest absolute Gasteiger partial charge is 0.0762 e. The summed E-state index contributed by atoms with van der Waals surface area (Å²) in [5.41, 5.74) is 2.63. The average molecular weight is 221 g/mol. The van der Waals surface area contributed by atoms with Crippen molar-refractivity contribution in [2.75, 3.05) is 25.1 Å². The van der Waals surface area contributed by atoms with E-state index in [-0.39, 0.29) is 0 Å². The minimum Gasteiger partial charge on any atom is -0.380 e. The molecule has 1 atom stereocenters. The van der Waals surface area contributed by atoms with E-state index in [9.17, 15) is 0 Å². The van der Waals surface area contributed by atoms with Crippen LogP contribution in [0.5, 0.6) is 0 Å². The van der Waals surface area contributed by atoms with E-state index in [1.807, 2.05) is 13.8 Å². The van der Waals surface area contributed by atoms with E-state index in [2.05, 4.69) is 36.1 Å². The number of nitrogens with zero attached hydrogens (tertiary/aromatic N) is 1. The van der Waals surface area contributed by atoms with Gasteiger partial charge >= 0.3 is 0 Å². The van der Waals surface area contributed by atoms with Crippen LogP contribution in [-0.2, 0) is 4.74 Å². The molecule has 2 rings (SSSR count). The van der Waals surface area contributed by atoms with Gasteiger partial charge in [0.25, 0.3) is 0 Å². The Balaban J connectivity index is 0.000000606. The lowest BCUT2D eigenvalue weighted by molar-refractivity contribution is 0.121. The van der Waals surface area contributed by atoms with E-state index in [1.165, 1.54) is 11.3 Å². The highest BCUT2D eigenvalue weighted by molar-refractivity contribution is 5.48. The molecule has 1 aromatic carbocycles. The highest BCUT2D eigenvalue weighted by Crippen LogP contribution is 2.21. The molecule has 2 nitrogen and oxygen atoms in total. The highest BCUT2D eigenvalue weighted by Gasteiger charge is 2.21. The number of rotatable bonds is 2. The molecule has 0 bridgehead atoms. The summed E-state index contributed by atoms with van der Waals surface area (Å²) in [6.07, 6.45) is 1.56. The van der Waals surface area contributed by atoms with Gasteiger partial charge in [-0.2, -0.15) is 0 Å². The lowest BCUT2D eigenvalue weighted by Crippen LogP contribution is -2.21. The van der Waals surface area contributed by atoms with Crippen molar-refractivity contribution in [1.29, 1.82) is 0 Å². The van der Waals surface area contributed by atoms with Crippen molar-refractivity contribution in [3.63, 3.8) is 0 Å². The first-order valence-electron chi connectivity index (χ1n) is 6.14. The maximum Gasteiger partial charge on any atom is 0.0762 e. The summed E-state index contributed by atoms with van der Waals surface area (Å²) in [6.45, 7) is 8.26. The normalized spacial score (nSPS) is 19.2. The van der Waals surface area contributed by atoms with Crippen LogP contribution < -0.4 is 4.90 Å². The maximum atomic E-state index is 5.34. The fourth-order valence-corrected chi connectivity index (χ4v) is 1.91. The number of aryl methyl sites for hydroxylation is 1. The zero-order valence-corrected chi connectivity index (χ0v) is 10.9. The Kier molecular flexibility index (Phi) is 5.33. The molecule has 0 aliphatic carbocycles. The summed E-state index contributed by atoms with van der Waals surface area (Å²) in [5.74, 6) is 0. The molecular weight excluding hydrogens is 198 g/mol. The number of ether oxygens (including phenoxy) is 1. The van der Waals surface area contributed by atoms with Crippen LogP contribution in [0.2, 0.25) is 0 Å². The minimum absolute atomic E-state index is 0.413. The third kappa shape index (κ3) is 3.24. The average Bonchev–Trinajstić information content (AvgIpc) is 2.81. The fourth-order valence-electron chi connectivity index (χ4n) is 1.91. The molecule has 0 amide bonds. The maximum absolute atomic E-state index is 5.34. The van der Waals surface area contributed by atoms with Crippen LogP contribution in [-0.4, -0.2) is 26.3 Å². The number of methoxy groups -OCH3 is 1. The van der Waals surface area contributed by atoms with Gasteiger partial charge in [0.1, 0.15) is 0 Å². The molecule has 1 heterocycles. The first-order valence-corrected chi connectivity index (χ1v) is 6.14. The molecule has 0 aromatic heterocycles. The van der Waals surface area contributed by atoms with Crippen LogP contribution in [0.25, 0.3) is 0 Å². The fraction of sp³-hybridized carbons (Fsp3) is 0.571. The van der Waals surface area contributed by atoms with Gasteiger partial charge in [0.15, 0.2) is 0 Å². The quantitative estimate of drug-likeness (QED) is 0.760. The second kappa shape index (κ2) is 6.54. The summed E-state index contributed by atoms with van der Waals surface area (Å²) in [6, 6.07) is 8.70. The third-order valence-electron chi connectivity index (χ3n) is 2.88. The Morgan fingerprint density at radius 3 is 2.31 bits per heavy atom. The van der Waals surface area contributed by atoms with Gasteiger partial charge < -0.3 is 9.64 Å². The van der Waals surface area contributed by atoms with Crippen molar-refractivity contribution in [1.82, 2.24) is 0 Å². The van der Waals surface area contributed by atoms with Crippen LogP contribution in [0.15, 0.2) is 24.3 Å². The monoisotopic (exact) mass is 221 g/mol. The summed E-state index contributed by atoms with van der Waals surface area (Å²) < 4.78 is 5.34. The zero-order chi connectivity index (χ0) is 12.0. The lowest BCUT2D eigenvalue weighted by atomic mass is 10.2. The largest absolute Gasteiger partial charge is 0.380 e. The van der Waals surface area contributed by atoms with E-state index < -0.39 is 0 Å². The third-order valence-corrected chi connectivity index (χ3v) is 2.88. The van der Waals surface area contributed by atoms with E-state index in [4.69, 9.17) is 4.74 Å². The molecular formula is C14H23NO. The number of hydrogen-bond donors (Lipinski definition) is 0. The highest BCUT2D eigenvalue weighted by atomic mass is 16.5. The second-order valence-electron chi connectivity index (χ2n) is 3.93. The topological polar surface area (TPSA) is 12.5 Å². The Morgan fingerprint density at radius 1 is 1.19 bits per heavy atom. The summed E-state index contributed by atoms with van der Waals surface area (Å²) in [7, 11) is 1.79. The Morgan fingerprint density at radius 2 is 1.81 bits per heavy atom. The van der Waals surface area contributed by atoms with Crippen LogP contribution in [0, 0.1) is 6.92 Å². The Hall–Kier alpha value is -1.02. The van der Waals surface area contributed by atoms with E-state index in [0.717, 1.165) is 19.5 Å². The van der Waals surface area contributed by atoms with Gasteiger partial charge in [-0.15, -0.1) is 0 Å². The lowest BCUT2D eigenvalue weighted by Gasteiger charge is -2.18. The Labute approximate surface area is 99.2 Å². The van der Waals surface area contributed by atoms with Gasteiger partial charge in [0, 0.05) is 25.9 Å². The van der Waals surface area contributed by atoms with Crippen molar-refractivity contribution in [3.05, 3.63) is 29.8 Å². The summed E-state index contributed by atoms with van der Waals surface area (Å²) in [5, 5.41) is 0. The molecule has 2 heteroatoms. The van der Waals surface area contributed by atoms with E-state index in [0.29, 0.717) is 6.10 Å². The molecule has 0 N–H and O–H groups in total. The summed E-state index contributed by atoms with van der Waals surface area (Å²) in [4.78, 5) is 2.38. The van der Waals surface area contributed by atoms with Crippen molar-refractivity contribution < 1.29 is 4.74 Å². The SMILES string of the molecule is CC.CO[C@H]1CCN(c2ccc(C)cc2)C1. The first kappa shape index (κ1) is 13.0. The van der Waals surface area contributed by atoms with Crippen molar-refractivity contribution in [3.8, 4) is 0 Å². The van der Waals surface area contributed by atoms with Crippen LogP contribution >= 0.6 is 0 Å². The molecule has 1 saturated heterocycles. The van der Waals surface area contributed by atoms with E-state index >= 15 is 0 Å². The predicted molar refractivity (Wildman–Crippen MR) is 70.2 cm³/mol. The molecule has 0 unspecified atom stereocenters. The van der Waals surface area contributed by atoms with Gasteiger partial charge in [0.2, 0.25) is 0 Å². The molecule has 0 saturated carbocycles. The molecule has 16 heavy (non-hydrogen) atoms. The van der Waals surface area contributed by atoms with Crippen LogP contribution in [0.3, 0.4) is 0 Å². The molecule has 1 aliphatic rings. The van der Waals surface area contributed by atoms with E-state index in [1.54, 1.807) is 7.11 Å². The number of anilines is 1. The van der Waals surface area contributed by atoms with Gasteiger partial charge in [-0.25, -0.2) is 0 Å². The van der Waals surface area contributed by atoms with Crippen LogP contribution in [0.4, 0.5) is 5.69 Å². The molecule has 0 spiro atoms. The predicted octanol–water partition coefficient (Wildman–Crippen LogP) is 3.25. The minimum atomic E-state index is 0.413.